The molecule has 0 spiro atoms. The summed E-state index contributed by atoms with van der Waals surface area (Å²) in [5.41, 5.74) is 0.743. The van der Waals surface area contributed by atoms with Gasteiger partial charge in [0.1, 0.15) is 11.6 Å². The van der Waals surface area contributed by atoms with Crippen molar-refractivity contribution < 1.29 is 31.8 Å². The number of aromatic nitrogens is 2. The van der Waals surface area contributed by atoms with E-state index in [1.54, 1.807) is 6.92 Å². The Balaban J connectivity index is 2.13. The second-order valence-corrected chi connectivity index (χ2v) is 6.13. The molecule has 2 aromatic carbocycles. The van der Waals surface area contributed by atoms with E-state index < -0.39 is 23.9 Å². The Hall–Kier alpha value is -3.07. The molecule has 0 aliphatic rings. The molecule has 1 heterocycles. The highest BCUT2D eigenvalue weighted by Gasteiger charge is 2.31. The maximum absolute atomic E-state index is 13.5. The molecule has 1 aromatic heterocycles. The normalized spacial score (nSPS) is 11.4. The average Bonchev–Trinajstić information content (AvgIpc) is 3.08. The first-order chi connectivity index (χ1) is 13.7. The summed E-state index contributed by atoms with van der Waals surface area (Å²) >= 11 is 5.83. The first kappa shape index (κ1) is 20.7. The van der Waals surface area contributed by atoms with Crippen molar-refractivity contribution in [1.82, 2.24) is 9.78 Å². The Bertz CT molecular complexity index is 1050. The van der Waals surface area contributed by atoms with Gasteiger partial charge in [-0.1, -0.05) is 23.7 Å². The Morgan fingerprint density at radius 3 is 2.59 bits per heavy atom. The molecule has 10 heteroatoms. The molecule has 0 amide bonds. The van der Waals surface area contributed by atoms with Crippen LogP contribution in [0.4, 0.5) is 17.6 Å². The van der Waals surface area contributed by atoms with E-state index in [0.717, 1.165) is 18.2 Å². The quantitative estimate of drug-likeness (QED) is 0.403. The molecule has 29 heavy (non-hydrogen) atoms. The Kier molecular flexibility index (Phi) is 5.78. The number of nitrogens with zero attached hydrogens (tertiary/aromatic N) is 2. The van der Waals surface area contributed by atoms with Gasteiger partial charge >= 0.3 is 12.3 Å². The van der Waals surface area contributed by atoms with Crippen LogP contribution < -0.4 is 4.74 Å². The molecule has 3 aromatic rings. The van der Waals surface area contributed by atoms with Crippen molar-refractivity contribution in [2.75, 3.05) is 6.61 Å². The first-order valence-electron chi connectivity index (χ1n) is 8.26. The molecule has 152 valence electrons. The molecule has 0 atom stereocenters. The van der Waals surface area contributed by atoms with Crippen LogP contribution in [-0.2, 0) is 4.74 Å². The zero-order valence-electron chi connectivity index (χ0n) is 14.8. The maximum Gasteiger partial charge on any atom is 0.573 e. The standard InChI is InChI=1S/C19H13ClF4N2O3/c1-2-28-18(27)16-10-17(11-4-3-5-13(8-11)29-19(22,23)24)26(25-16)12-6-7-15(21)14(20)9-12/h3-10H,2H2,1H3. The molecule has 0 fully saturated rings. The van der Waals surface area contributed by atoms with E-state index in [4.69, 9.17) is 16.3 Å². The molecular formula is C19H13ClF4N2O3. The van der Waals surface area contributed by atoms with Crippen LogP contribution in [0.1, 0.15) is 17.4 Å². The lowest BCUT2D eigenvalue weighted by Gasteiger charge is -2.11. The van der Waals surface area contributed by atoms with Crippen LogP contribution in [0.25, 0.3) is 16.9 Å². The fraction of sp³-hybridized carbons (Fsp3) is 0.158. The molecule has 0 saturated carbocycles. The third-order valence-corrected chi connectivity index (χ3v) is 3.99. The zero-order valence-corrected chi connectivity index (χ0v) is 15.6. The van der Waals surface area contributed by atoms with E-state index in [2.05, 4.69) is 9.84 Å². The van der Waals surface area contributed by atoms with Crippen molar-refractivity contribution in [2.24, 2.45) is 0 Å². The van der Waals surface area contributed by atoms with Gasteiger partial charge in [0.25, 0.3) is 0 Å². The van der Waals surface area contributed by atoms with Gasteiger partial charge in [0.15, 0.2) is 5.69 Å². The van der Waals surface area contributed by atoms with Crippen molar-refractivity contribution in [1.29, 1.82) is 0 Å². The summed E-state index contributed by atoms with van der Waals surface area (Å²) in [6.07, 6.45) is -4.86. The van der Waals surface area contributed by atoms with Gasteiger partial charge in [0.2, 0.25) is 0 Å². The van der Waals surface area contributed by atoms with E-state index in [-0.39, 0.29) is 28.6 Å². The lowest BCUT2D eigenvalue weighted by Crippen LogP contribution is -2.17. The average molecular weight is 429 g/mol. The number of carbonyl (C=O) groups is 1. The number of benzene rings is 2. The predicted octanol–water partition coefficient (Wildman–Crippen LogP) is 5.41. The number of carbonyl (C=O) groups excluding carboxylic acids is 1. The van der Waals surface area contributed by atoms with E-state index in [1.807, 2.05) is 0 Å². The summed E-state index contributed by atoms with van der Waals surface area (Å²) in [5, 5.41) is 3.96. The molecule has 0 N–H and O–H groups in total. The van der Waals surface area contributed by atoms with Crippen LogP contribution in [0, 0.1) is 5.82 Å². The largest absolute Gasteiger partial charge is 0.573 e. The minimum atomic E-state index is -4.86. The summed E-state index contributed by atoms with van der Waals surface area (Å²) in [5.74, 6) is -1.82. The van der Waals surface area contributed by atoms with Gasteiger partial charge < -0.3 is 9.47 Å². The number of rotatable bonds is 5. The van der Waals surface area contributed by atoms with Crippen molar-refractivity contribution in [3.05, 3.63) is 65.1 Å². The van der Waals surface area contributed by atoms with Crippen molar-refractivity contribution >= 4 is 17.6 Å². The lowest BCUT2D eigenvalue weighted by atomic mass is 10.1. The number of hydrogen-bond donors (Lipinski definition) is 0. The van der Waals surface area contributed by atoms with Crippen molar-refractivity contribution in [3.63, 3.8) is 0 Å². The number of ether oxygens (including phenoxy) is 2. The van der Waals surface area contributed by atoms with E-state index in [9.17, 15) is 22.4 Å². The van der Waals surface area contributed by atoms with Gasteiger partial charge in [-0.25, -0.2) is 13.9 Å². The molecule has 0 radical (unpaired) electrons. The molecule has 0 unspecified atom stereocenters. The maximum atomic E-state index is 13.5. The highest BCUT2D eigenvalue weighted by molar-refractivity contribution is 6.30. The molecule has 0 aliphatic heterocycles. The number of halogens is 5. The number of alkyl halides is 3. The summed E-state index contributed by atoms with van der Waals surface area (Å²) in [4.78, 5) is 12.1. The van der Waals surface area contributed by atoms with E-state index in [0.29, 0.717) is 5.69 Å². The van der Waals surface area contributed by atoms with Gasteiger partial charge in [0.05, 0.1) is 23.0 Å². The molecular weight excluding hydrogens is 416 g/mol. The summed E-state index contributed by atoms with van der Waals surface area (Å²) in [7, 11) is 0. The third kappa shape index (κ3) is 4.86. The highest BCUT2D eigenvalue weighted by atomic mass is 35.5. The van der Waals surface area contributed by atoms with Crippen molar-refractivity contribution in [3.8, 4) is 22.7 Å². The Labute approximate surface area is 167 Å². The topological polar surface area (TPSA) is 53.4 Å². The fourth-order valence-electron chi connectivity index (χ4n) is 2.56. The Morgan fingerprint density at radius 1 is 1.17 bits per heavy atom. The van der Waals surface area contributed by atoms with Crippen LogP contribution in [0.5, 0.6) is 5.75 Å². The molecule has 0 bridgehead atoms. The summed E-state index contributed by atoms with van der Waals surface area (Å²) in [6, 6.07) is 10.2. The van der Waals surface area contributed by atoms with Crippen LogP contribution >= 0.6 is 11.6 Å². The summed E-state index contributed by atoms with van der Waals surface area (Å²) < 4.78 is 61.3. The van der Waals surface area contributed by atoms with Gasteiger partial charge in [-0.3, -0.25) is 0 Å². The van der Waals surface area contributed by atoms with E-state index in [1.165, 1.54) is 35.0 Å². The second-order valence-electron chi connectivity index (χ2n) is 5.72. The molecule has 5 nitrogen and oxygen atoms in total. The predicted molar refractivity (Wildman–Crippen MR) is 96.6 cm³/mol. The monoisotopic (exact) mass is 428 g/mol. The Morgan fingerprint density at radius 2 is 1.93 bits per heavy atom. The first-order valence-corrected chi connectivity index (χ1v) is 8.64. The smallest absolute Gasteiger partial charge is 0.461 e. The van der Waals surface area contributed by atoms with Crippen LogP contribution in [-0.4, -0.2) is 28.7 Å². The number of esters is 1. The van der Waals surface area contributed by atoms with Gasteiger partial charge in [-0.15, -0.1) is 13.2 Å². The van der Waals surface area contributed by atoms with Crippen LogP contribution in [0.2, 0.25) is 5.02 Å². The van der Waals surface area contributed by atoms with Crippen LogP contribution in [0.3, 0.4) is 0 Å². The second kappa shape index (κ2) is 8.12. The zero-order chi connectivity index (χ0) is 21.2. The molecule has 0 saturated heterocycles. The van der Waals surface area contributed by atoms with Crippen molar-refractivity contribution in [2.45, 2.75) is 13.3 Å². The molecule has 0 aliphatic carbocycles. The van der Waals surface area contributed by atoms with Crippen LogP contribution in [0.15, 0.2) is 48.5 Å². The van der Waals surface area contributed by atoms with Gasteiger partial charge in [0, 0.05) is 5.56 Å². The minimum Gasteiger partial charge on any atom is -0.461 e. The van der Waals surface area contributed by atoms with E-state index >= 15 is 0 Å². The van der Waals surface area contributed by atoms with Gasteiger partial charge in [-0.05, 0) is 43.3 Å². The minimum absolute atomic E-state index is 0.0792. The van der Waals surface area contributed by atoms with Gasteiger partial charge in [-0.2, -0.15) is 5.10 Å². The SMILES string of the molecule is CCOC(=O)c1cc(-c2cccc(OC(F)(F)F)c2)n(-c2ccc(F)c(Cl)c2)n1. The molecule has 3 rings (SSSR count). The highest BCUT2D eigenvalue weighted by Crippen LogP contribution is 2.31. The fourth-order valence-corrected chi connectivity index (χ4v) is 2.73. The third-order valence-electron chi connectivity index (χ3n) is 3.71. The summed E-state index contributed by atoms with van der Waals surface area (Å²) in [6.45, 7) is 1.73. The number of hydrogen-bond acceptors (Lipinski definition) is 4. The lowest BCUT2D eigenvalue weighted by molar-refractivity contribution is -0.274.